The number of benzene rings is 2. The minimum absolute atomic E-state index is 0.0372. The van der Waals surface area contributed by atoms with E-state index < -0.39 is 34.1 Å². The van der Waals surface area contributed by atoms with Crippen molar-refractivity contribution in [2.45, 2.75) is 45.8 Å². The lowest BCUT2D eigenvalue weighted by atomic mass is 10.1. The Morgan fingerprint density at radius 1 is 1.03 bits per heavy atom. The Bertz CT molecular complexity index is 1100. The van der Waals surface area contributed by atoms with Crippen LogP contribution in [-0.2, 0) is 26.2 Å². The van der Waals surface area contributed by atoms with E-state index in [1.807, 2.05) is 20.8 Å². The molecule has 1 unspecified atom stereocenters. The summed E-state index contributed by atoms with van der Waals surface area (Å²) in [4.78, 5) is 27.7. The number of nitrogens with zero attached hydrogens (tertiary/aromatic N) is 2. The Morgan fingerprint density at radius 2 is 1.61 bits per heavy atom. The molecule has 0 radical (unpaired) electrons. The van der Waals surface area contributed by atoms with Gasteiger partial charge in [0, 0.05) is 22.1 Å². The highest BCUT2D eigenvalue weighted by Crippen LogP contribution is 2.23. The zero-order chi connectivity index (χ0) is 25.0. The standard InChI is InChI=1S/C23H29Cl2N3O4S/c1-16(22(30)26-23(2,3)4)27(14-17-8-6-7-9-20(17)25)21(29)15-28(33(5,31)32)19-12-10-18(24)11-13-19/h6-13,16H,14-15H2,1-5H3,(H,26,30). The second-order valence-corrected chi connectivity index (χ2v) is 11.5. The Hall–Kier alpha value is -2.29. The molecule has 0 aliphatic rings. The first-order valence-electron chi connectivity index (χ1n) is 10.3. The summed E-state index contributed by atoms with van der Waals surface area (Å²) in [5.74, 6) is -0.910. The van der Waals surface area contributed by atoms with Crippen LogP contribution in [0.25, 0.3) is 0 Å². The van der Waals surface area contributed by atoms with Crippen molar-refractivity contribution in [2.75, 3.05) is 17.1 Å². The molecule has 33 heavy (non-hydrogen) atoms. The summed E-state index contributed by atoms with van der Waals surface area (Å²) in [6.07, 6.45) is 1.02. The molecule has 2 rings (SSSR count). The van der Waals surface area contributed by atoms with E-state index in [2.05, 4.69) is 5.32 Å². The molecule has 2 aromatic rings. The van der Waals surface area contributed by atoms with Gasteiger partial charge in [0.25, 0.3) is 0 Å². The van der Waals surface area contributed by atoms with E-state index in [-0.39, 0.29) is 12.5 Å². The summed E-state index contributed by atoms with van der Waals surface area (Å²) in [6, 6.07) is 12.2. The van der Waals surface area contributed by atoms with Crippen LogP contribution in [0.5, 0.6) is 0 Å². The predicted octanol–water partition coefficient (Wildman–Crippen LogP) is 4.09. The molecule has 0 aliphatic heterocycles. The van der Waals surface area contributed by atoms with Crippen LogP contribution >= 0.6 is 23.2 Å². The van der Waals surface area contributed by atoms with Crippen LogP contribution in [0, 0.1) is 0 Å². The Balaban J connectivity index is 2.41. The average Bonchev–Trinajstić information content (AvgIpc) is 2.69. The number of rotatable bonds is 8. The Labute approximate surface area is 205 Å². The van der Waals surface area contributed by atoms with Crippen molar-refractivity contribution in [1.82, 2.24) is 10.2 Å². The highest BCUT2D eigenvalue weighted by Gasteiger charge is 2.31. The molecule has 2 aromatic carbocycles. The van der Waals surface area contributed by atoms with Crippen molar-refractivity contribution in [3.05, 3.63) is 64.1 Å². The maximum Gasteiger partial charge on any atom is 0.244 e. The topological polar surface area (TPSA) is 86.8 Å². The Kier molecular flexibility index (Phi) is 8.79. The molecule has 10 heteroatoms. The van der Waals surface area contributed by atoms with Crippen molar-refractivity contribution in [3.63, 3.8) is 0 Å². The first-order valence-corrected chi connectivity index (χ1v) is 12.9. The molecule has 0 fully saturated rings. The summed E-state index contributed by atoms with van der Waals surface area (Å²) in [6.45, 7) is 6.66. The molecule has 7 nitrogen and oxygen atoms in total. The maximum absolute atomic E-state index is 13.4. The first-order chi connectivity index (χ1) is 15.2. The van der Waals surface area contributed by atoms with Crippen LogP contribution in [0.15, 0.2) is 48.5 Å². The fourth-order valence-electron chi connectivity index (χ4n) is 3.09. The average molecular weight is 514 g/mol. The van der Waals surface area contributed by atoms with Crippen molar-refractivity contribution >= 4 is 50.7 Å². The summed E-state index contributed by atoms with van der Waals surface area (Å²) in [7, 11) is -3.80. The lowest BCUT2D eigenvalue weighted by Crippen LogP contribution is -2.54. The quantitative estimate of drug-likeness (QED) is 0.575. The second kappa shape index (κ2) is 10.8. The third kappa shape index (κ3) is 7.91. The summed E-state index contributed by atoms with van der Waals surface area (Å²) in [5.41, 5.74) is 0.423. The van der Waals surface area contributed by atoms with E-state index in [1.165, 1.54) is 17.0 Å². The molecular formula is C23H29Cl2N3O4S. The number of hydrogen-bond donors (Lipinski definition) is 1. The first kappa shape index (κ1) is 27.0. The predicted molar refractivity (Wildman–Crippen MR) is 133 cm³/mol. The number of carbonyl (C=O) groups is 2. The molecule has 0 saturated heterocycles. The van der Waals surface area contributed by atoms with E-state index in [9.17, 15) is 18.0 Å². The van der Waals surface area contributed by atoms with Gasteiger partial charge in [-0.3, -0.25) is 13.9 Å². The van der Waals surface area contributed by atoms with Crippen molar-refractivity contribution in [1.29, 1.82) is 0 Å². The van der Waals surface area contributed by atoms with Crippen LogP contribution in [0.1, 0.15) is 33.3 Å². The molecule has 0 saturated carbocycles. The van der Waals surface area contributed by atoms with Crippen LogP contribution in [-0.4, -0.2) is 49.5 Å². The largest absolute Gasteiger partial charge is 0.350 e. The van der Waals surface area contributed by atoms with Crippen LogP contribution in [0.4, 0.5) is 5.69 Å². The molecule has 0 aromatic heterocycles. The van der Waals surface area contributed by atoms with Crippen LogP contribution in [0.2, 0.25) is 10.0 Å². The number of halogens is 2. The molecular weight excluding hydrogens is 485 g/mol. The fourth-order valence-corrected chi connectivity index (χ4v) is 4.26. The van der Waals surface area contributed by atoms with E-state index in [4.69, 9.17) is 23.2 Å². The minimum atomic E-state index is -3.80. The number of nitrogens with one attached hydrogen (secondary N) is 1. The lowest BCUT2D eigenvalue weighted by molar-refractivity contribution is -0.140. The molecule has 180 valence electrons. The number of sulfonamides is 1. The van der Waals surface area contributed by atoms with Crippen molar-refractivity contribution in [2.24, 2.45) is 0 Å². The summed E-state index contributed by atoms with van der Waals surface area (Å²) in [5, 5.41) is 3.74. The molecule has 0 heterocycles. The summed E-state index contributed by atoms with van der Waals surface area (Å²) < 4.78 is 26.0. The van der Waals surface area contributed by atoms with Gasteiger partial charge < -0.3 is 10.2 Å². The Morgan fingerprint density at radius 3 is 2.12 bits per heavy atom. The maximum atomic E-state index is 13.4. The van der Waals surface area contributed by atoms with Crippen molar-refractivity contribution < 1.29 is 18.0 Å². The van der Waals surface area contributed by atoms with Gasteiger partial charge in [0.05, 0.1) is 11.9 Å². The SMILES string of the molecule is CC(C(=O)NC(C)(C)C)N(Cc1ccccc1Cl)C(=O)CN(c1ccc(Cl)cc1)S(C)(=O)=O. The van der Waals surface area contributed by atoms with Gasteiger partial charge in [-0.15, -0.1) is 0 Å². The van der Waals surface area contributed by atoms with Gasteiger partial charge >= 0.3 is 0 Å². The third-order valence-corrected chi connectivity index (χ3v) is 6.52. The monoisotopic (exact) mass is 513 g/mol. The highest BCUT2D eigenvalue weighted by atomic mass is 35.5. The van der Waals surface area contributed by atoms with Gasteiger partial charge in [0.15, 0.2) is 0 Å². The number of amides is 2. The van der Waals surface area contributed by atoms with Gasteiger partial charge in [-0.1, -0.05) is 41.4 Å². The van der Waals surface area contributed by atoms with Gasteiger partial charge in [0.2, 0.25) is 21.8 Å². The number of anilines is 1. The number of carbonyl (C=O) groups excluding carboxylic acids is 2. The summed E-state index contributed by atoms with van der Waals surface area (Å²) >= 11 is 12.2. The normalized spacial score (nSPS) is 12.7. The number of hydrogen-bond acceptors (Lipinski definition) is 4. The molecule has 0 bridgehead atoms. The molecule has 1 atom stereocenters. The lowest BCUT2D eigenvalue weighted by Gasteiger charge is -2.33. The molecule has 1 N–H and O–H groups in total. The van der Waals surface area contributed by atoms with Gasteiger partial charge in [0.1, 0.15) is 12.6 Å². The third-order valence-electron chi connectivity index (χ3n) is 4.76. The fraction of sp³-hybridized carbons (Fsp3) is 0.391. The van der Waals surface area contributed by atoms with E-state index in [0.29, 0.717) is 21.3 Å². The zero-order valence-electron chi connectivity index (χ0n) is 19.3. The van der Waals surface area contributed by atoms with Crippen molar-refractivity contribution in [3.8, 4) is 0 Å². The van der Waals surface area contributed by atoms with Crippen LogP contribution < -0.4 is 9.62 Å². The molecule has 0 spiro atoms. The smallest absolute Gasteiger partial charge is 0.244 e. The highest BCUT2D eigenvalue weighted by molar-refractivity contribution is 7.92. The minimum Gasteiger partial charge on any atom is -0.350 e. The molecule has 2 amide bonds. The zero-order valence-corrected chi connectivity index (χ0v) is 21.6. The van der Waals surface area contributed by atoms with E-state index >= 15 is 0 Å². The second-order valence-electron chi connectivity index (χ2n) is 8.77. The van der Waals surface area contributed by atoms with E-state index in [0.717, 1.165) is 10.6 Å². The van der Waals surface area contributed by atoms with E-state index in [1.54, 1.807) is 43.3 Å². The van der Waals surface area contributed by atoms with Gasteiger partial charge in [-0.2, -0.15) is 0 Å². The van der Waals surface area contributed by atoms with Gasteiger partial charge in [-0.25, -0.2) is 8.42 Å². The molecule has 0 aliphatic carbocycles. The van der Waals surface area contributed by atoms with Crippen LogP contribution in [0.3, 0.4) is 0 Å². The van der Waals surface area contributed by atoms with Gasteiger partial charge in [-0.05, 0) is 63.6 Å².